The molecule has 443 valence electrons. The molecule has 0 amide bonds. The number of hydrogen-bond donors (Lipinski definition) is 0. The van der Waals surface area contributed by atoms with Gasteiger partial charge < -0.3 is 18.9 Å². The molecule has 4 unspecified atom stereocenters. The van der Waals surface area contributed by atoms with E-state index < -0.39 is 48.4 Å². The maximum atomic E-state index is 14.0. The van der Waals surface area contributed by atoms with Crippen LogP contribution in [0.4, 0.5) is 52.7 Å². The van der Waals surface area contributed by atoms with Gasteiger partial charge >= 0.3 is 24.7 Å². The van der Waals surface area contributed by atoms with E-state index in [1.807, 2.05) is 0 Å². The minimum absolute atomic E-state index is 0. The topological polar surface area (TPSA) is 86.4 Å². The van der Waals surface area contributed by atoms with Crippen molar-refractivity contribution in [1.82, 2.24) is 0 Å². The zero-order valence-electron chi connectivity index (χ0n) is 45.0. The summed E-state index contributed by atoms with van der Waals surface area (Å²) in [6.45, 7) is 3.75. The first kappa shape index (κ1) is 62.4. The number of fused-ring (bicyclic) bond motifs is 4. The molecule has 0 aliphatic carbocycles. The van der Waals surface area contributed by atoms with Crippen molar-refractivity contribution in [3.05, 3.63) is 240 Å². The van der Waals surface area contributed by atoms with E-state index in [2.05, 4.69) is 0 Å². The number of allylic oxidation sites excluding steroid dienone is 16. The van der Waals surface area contributed by atoms with Crippen LogP contribution >= 0.6 is 0 Å². The third-order valence-corrected chi connectivity index (χ3v) is 13.4. The van der Waals surface area contributed by atoms with Crippen LogP contribution < -0.4 is 18.9 Å². The monoisotopic (exact) mass is 1230 g/mol. The Labute approximate surface area is 491 Å². The van der Waals surface area contributed by atoms with E-state index >= 15 is 0 Å². The molecule has 4 atom stereocenters. The predicted octanol–water partition coefficient (Wildman–Crippen LogP) is 18.0. The molecule has 0 saturated carbocycles. The van der Waals surface area contributed by atoms with E-state index in [1.165, 1.54) is 24.3 Å². The molecule has 0 saturated heterocycles. The molecule has 21 heteroatoms. The molecule has 0 N–H and O–H groups in total. The Morgan fingerprint density at radius 3 is 1.12 bits per heavy atom. The predicted molar refractivity (Wildman–Crippen MR) is 300 cm³/mol. The van der Waals surface area contributed by atoms with Crippen LogP contribution in [0.3, 0.4) is 0 Å². The summed E-state index contributed by atoms with van der Waals surface area (Å²) in [6, 6.07) is 25.1. The summed E-state index contributed by atoms with van der Waals surface area (Å²) in [5, 5.41) is 0. The number of halogens is 12. The summed E-state index contributed by atoms with van der Waals surface area (Å²) in [5.74, 6) is -7.83. The second-order valence-corrected chi connectivity index (χ2v) is 19.5. The van der Waals surface area contributed by atoms with E-state index in [9.17, 15) is 52.7 Å². The van der Waals surface area contributed by atoms with Crippen LogP contribution in [0.2, 0.25) is 0 Å². The summed E-state index contributed by atoms with van der Waals surface area (Å²) in [4.78, 5) is 20.3. The third kappa shape index (κ3) is 14.8. The van der Waals surface area contributed by atoms with Gasteiger partial charge in [0.15, 0.2) is 0 Å². The molecule has 1 radical (unpaired) electrons. The minimum atomic E-state index is -4.65. The van der Waals surface area contributed by atoms with E-state index in [0.717, 1.165) is 77.0 Å². The average molecular weight is 1230 g/mol. The molecule has 4 aromatic rings. The first-order valence-electron chi connectivity index (χ1n) is 25.9. The van der Waals surface area contributed by atoms with Crippen molar-refractivity contribution < 1.29 is 88.7 Å². The van der Waals surface area contributed by atoms with Gasteiger partial charge in [0.2, 0.25) is 0 Å². The zero-order chi connectivity index (χ0) is 60.1. The van der Waals surface area contributed by atoms with Crippen LogP contribution in [-0.2, 0) is 17.1 Å². The Balaban J connectivity index is 0.00000940. The first-order chi connectivity index (χ1) is 39.8. The van der Waals surface area contributed by atoms with Crippen LogP contribution in [-0.4, -0.2) is 47.6 Å². The van der Waals surface area contributed by atoms with Crippen molar-refractivity contribution >= 4 is 45.1 Å². The van der Waals surface area contributed by atoms with Crippen molar-refractivity contribution in [3.8, 4) is 23.0 Å². The SMILES string of the molecule is CC(C=COc1ccccc1C1=CC2=CC3=NC(=CC4=NC(=CC5=NC(=C(c6ccccc6OC=CC(C)C(F)(F)F)C1=N2)C(c1ccccc1OC=CC(C)C(F)(F)F)=C5c1ccccc1OC=CC(C)C(F)(F)F)C=C4)C=C3)C(F)(F)F.[Cu]. The number of nitrogens with zero attached hydrogens (tertiary/aromatic N) is 4. The molecule has 0 fully saturated rings. The van der Waals surface area contributed by atoms with Gasteiger partial charge in [-0.05, 0) is 97.2 Å². The van der Waals surface area contributed by atoms with E-state index in [1.54, 1.807) is 121 Å². The summed E-state index contributed by atoms with van der Waals surface area (Å²) in [6.07, 6.45) is 1.81. The number of aliphatic imine (C=N–C) groups is 4. The Hall–Kier alpha value is -8.68. The van der Waals surface area contributed by atoms with Gasteiger partial charge in [0.25, 0.3) is 0 Å². The van der Waals surface area contributed by atoms with Gasteiger partial charge in [-0.2, -0.15) is 52.7 Å². The molecule has 5 aliphatic heterocycles. The average Bonchev–Trinajstić information content (AvgIpc) is 1.98. The quantitative estimate of drug-likeness (QED) is 0.0635. The number of hydrogen-bond acceptors (Lipinski definition) is 8. The van der Waals surface area contributed by atoms with Gasteiger partial charge in [0, 0.05) is 61.6 Å². The van der Waals surface area contributed by atoms with Gasteiger partial charge in [-0.25, -0.2) is 20.0 Å². The maximum Gasteiger partial charge on any atom is 0.395 e. The largest absolute Gasteiger partial charge is 0.465 e. The van der Waals surface area contributed by atoms with Crippen LogP contribution in [0.1, 0.15) is 49.9 Å². The van der Waals surface area contributed by atoms with Gasteiger partial charge in [0.05, 0.1) is 94.4 Å². The van der Waals surface area contributed by atoms with Crippen LogP contribution in [0.5, 0.6) is 23.0 Å². The van der Waals surface area contributed by atoms with Crippen molar-refractivity contribution in [2.24, 2.45) is 43.6 Å². The normalized spacial score (nSPS) is 17.8. The molecule has 4 aromatic carbocycles. The molecular formula is C64H48CuF12N4O4. The van der Waals surface area contributed by atoms with Crippen LogP contribution in [0.15, 0.2) is 238 Å². The summed E-state index contributed by atoms with van der Waals surface area (Å²) in [5.41, 5.74) is 3.60. The number of alkyl halides is 12. The summed E-state index contributed by atoms with van der Waals surface area (Å²) in [7, 11) is 0. The Morgan fingerprint density at radius 2 is 0.706 bits per heavy atom. The Bertz CT molecular complexity index is 3760. The van der Waals surface area contributed by atoms with Crippen LogP contribution in [0, 0.1) is 23.7 Å². The standard InChI is InChI=1S/C64H48F12N4O4.Cu/c1-37(61(65,66)67)25-29-81-52-17-9-5-13-46(52)50-35-45-34-43-22-21-41(77-43)33-42-23-24-44(78-42)36-51-56(47-14-6-10-18-53(47)82-30-26-38(2)62(68,69)70)57(48-15-7-11-19-54(48)83-31-27-39(3)63(71,72)73)60(80-51)58(59(50)79-45)49-16-8-12-20-55(49)84-32-28-40(4)64(74,75)76;/h5-40H,1-4H3;. The fourth-order valence-electron chi connectivity index (χ4n) is 8.61. The first-order valence-corrected chi connectivity index (χ1v) is 25.9. The van der Waals surface area contributed by atoms with Crippen molar-refractivity contribution in [3.63, 3.8) is 0 Å². The summed E-state index contributed by atoms with van der Waals surface area (Å²) < 4.78 is 191. The zero-order valence-corrected chi connectivity index (χ0v) is 46.0. The smallest absolute Gasteiger partial charge is 0.395 e. The molecule has 5 heterocycles. The molecule has 9 rings (SSSR count). The van der Waals surface area contributed by atoms with Gasteiger partial charge in [-0.15, -0.1) is 0 Å². The molecule has 85 heavy (non-hydrogen) atoms. The number of ether oxygens (including phenoxy) is 4. The fourth-order valence-corrected chi connectivity index (χ4v) is 8.61. The van der Waals surface area contributed by atoms with Crippen LogP contribution in [0.25, 0.3) is 22.3 Å². The molecular weight excluding hydrogens is 1180 g/mol. The second-order valence-electron chi connectivity index (χ2n) is 19.5. The number of benzene rings is 4. The Morgan fingerprint density at radius 1 is 0.365 bits per heavy atom. The minimum Gasteiger partial charge on any atom is -0.465 e. The third-order valence-electron chi connectivity index (χ3n) is 13.4. The maximum absolute atomic E-state index is 14.0. The number of rotatable bonds is 16. The second kappa shape index (κ2) is 25.7. The fraction of sp³-hybridized carbons (Fsp3) is 0.188. The van der Waals surface area contributed by atoms with Crippen molar-refractivity contribution in [1.29, 1.82) is 0 Å². The summed E-state index contributed by atoms with van der Waals surface area (Å²) >= 11 is 0. The van der Waals surface area contributed by atoms with E-state index in [-0.39, 0.29) is 107 Å². The molecule has 8 bridgehead atoms. The van der Waals surface area contributed by atoms with E-state index in [4.69, 9.17) is 38.9 Å². The number of para-hydroxylation sites is 4. The molecule has 0 aromatic heterocycles. The molecule has 0 spiro atoms. The Kier molecular flexibility index (Phi) is 18.8. The van der Waals surface area contributed by atoms with Gasteiger partial charge in [-0.1, -0.05) is 100 Å². The molecule has 8 nitrogen and oxygen atoms in total. The van der Waals surface area contributed by atoms with Crippen molar-refractivity contribution in [2.75, 3.05) is 0 Å². The van der Waals surface area contributed by atoms with E-state index in [0.29, 0.717) is 22.8 Å². The van der Waals surface area contributed by atoms with Gasteiger partial charge in [-0.3, -0.25) is 0 Å². The van der Waals surface area contributed by atoms with Crippen molar-refractivity contribution in [2.45, 2.75) is 52.4 Å². The molecule has 5 aliphatic rings. The van der Waals surface area contributed by atoms with Gasteiger partial charge in [0.1, 0.15) is 23.0 Å².